The number of nitrogens with zero attached hydrogens (tertiary/aromatic N) is 3. The number of carbonyl (C=O) groups is 1. The van der Waals surface area contributed by atoms with Crippen LogP contribution in [0.4, 0.5) is 15.9 Å². The molecule has 0 saturated heterocycles. The summed E-state index contributed by atoms with van der Waals surface area (Å²) in [6, 6.07) is 13.1. The molecule has 0 unspecified atom stereocenters. The van der Waals surface area contributed by atoms with Crippen LogP contribution in [0.1, 0.15) is 28.0 Å². The average Bonchev–Trinajstić information content (AvgIpc) is 3.07. The van der Waals surface area contributed by atoms with E-state index in [4.69, 9.17) is 5.26 Å². The number of anilines is 2. The molecular weight excluding hydrogens is 421 g/mol. The SMILES string of the molecule is Cc1cc(NC(=O)c2ccc(NS(=O)(=O)c3ccc(F)c(C)c3)cc2)n(CCC#N)n1. The third kappa shape index (κ3) is 5.26. The van der Waals surface area contributed by atoms with Crippen LogP contribution in [0, 0.1) is 31.0 Å². The van der Waals surface area contributed by atoms with Crippen molar-refractivity contribution in [3.05, 3.63) is 71.2 Å². The molecule has 2 aromatic carbocycles. The van der Waals surface area contributed by atoms with Crippen molar-refractivity contribution < 1.29 is 17.6 Å². The smallest absolute Gasteiger partial charge is 0.261 e. The van der Waals surface area contributed by atoms with Crippen LogP contribution in [0.5, 0.6) is 0 Å². The fourth-order valence-electron chi connectivity index (χ4n) is 2.85. The number of sulfonamides is 1. The summed E-state index contributed by atoms with van der Waals surface area (Å²) in [5.74, 6) is -0.422. The summed E-state index contributed by atoms with van der Waals surface area (Å²) in [6.07, 6.45) is 0.256. The quantitative estimate of drug-likeness (QED) is 0.581. The minimum Gasteiger partial charge on any atom is -0.307 e. The van der Waals surface area contributed by atoms with Gasteiger partial charge >= 0.3 is 0 Å². The van der Waals surface area contributed by atoms with Gasteiger partial charge in [0.1, 0.15) is 11.6 Å². The number of amides is 1. The van der Waals surface area contributed by atoms with Gasteiger partial charge in [-0.15, -0.1) is 0 Å². The van der Waals surface area contributed by atoms with E-state index in [1.807, 2.05) is 6.07 Å². The molecule has 1 heterocycles. The zero-order valence-electron chi connectivity index (χ0n) is 16.9. The highest BCUT2D eigenvalue weighted by atomic mass is 32.2. The van der Waals surface area contributed by atoms with E-state index in [1.165, 1.54) is 43.3 Å². The summed E-state index contributed by atoms with van der Waals surface area (Å²) in [5.41, 5.74) is 1.49. The molecule has 3 rings (SSSR count). The molecule has 0 spiro atoms. The van der Waals surface area contributed by atoms with Gasteiger partial charge in [-0.2, -0.15) is 10.4 Å². The number of aryl methyl sites for hydroxylation is 3. The Morgan fingerprint density at radius 3 is 2.52 bits per heavy atom. The fourth-order valence-corrected chi connectivity index (χ4v) is 3.99. The van der Waals surface area contributed by atoms with E-state index >= 15 is 0 Å². The Balaban J connectivity index is 1.72. The zero-order chi connectivity index (χ0) is 22.6. The van der Waals surface area contributed by atoms with Crippen molar-refractivity contribution >= 4 is 27.4 Å². The summed E-state index contributed by atoms with van der Waals surface area (Å²) < 4.78 is 42.4. The molecule has 31 heavy (non-hydrogen) atoms. The molecule has 8 nitrogen and oxygen atoms in total. The minimum absolute atomic E-state index is 0.0609. The molecule has 1 amide bonds. The highest BCUT2D eigenvalue weighted by Gasteiger charge is 2.16. The number of aromatic nitrogens is 2. The van der Waals surface area contributed by atoms with Gasteiger partial charge in [-0.25, -0.2) is 17.5 Å². The molecule has 3 aromatic rings. The summed E-state index contributed by atoms with van der Waals surface area (Å²) in [6.45, 7) is 3.61. The van der Waals surface area contributed by atoms with Crippen LogP contribution in [0.25, 0.3) is 0 Å². The van der Waals surface area contributed by atoms with Crippen LogP contribution in [-0.4, -0.2) is 24.1 Å². The largest absolute Gasteiger partial charge is 0.307 e. The molecule has 0 saturated carbocycles. The lowest BCUT2D eigenvalue weighted by atomic mass is 10.2. The van der Waals surface area contributed by atoms with Crippen molar-refractivity contribution in [3.63, 3.8) is 0 Å². The van der Waals surface area contributed by atoms with E-state index in [9.17, 15) is 17.6 Å². The van der Waals surface area contributed by atoms with Crippen LogP contribution >= 0.6 is 0 Å². The standard InChI is InChI=1S/C21H20FN5O3S/c1-14-12-18(8-9-19(14)22)31(29,30)26-17-6-4-16(5-7-17)21(28)24-20-13-15(2)25-27(20)11-3-10-23/h4-9,12-13,26H,3,11H2,1-2H3,(H,24,28). The molecule has 160 valence electrons. The van der Waals surface area contributed by atoms with Crippen molar-refractivity contribution in [3.8, 4) is 6.07 Å². The Morgan fingerprint density at radius 2 is 1.87 bits per heavy atom. The van der Waals surface area contributed by atoms with Gasteiger partial charge < -0.3 is 5.32 Å². The van der Waals surface area contributed by atoms with E-state index in [-0.39, 0.29) is 22.6 Å². The van der Waals surface area contributed by atoms with Crippen LogP contribution in [0.3, 0.4) is 0 Å². The van der Waals surface area contributed by atoms with Gasteiger partial charge in [0.05, 0.1) is 29.6 Å². The number of hydrogen-bond donors (Lipinski definition) is 2. The van der Waals surface area contributed by atoms with Gasteiger partial charge in [0.25, 0.3) is 15.9 Å². The topological polar surface area (TPSA) is 117 Å². The average molecular weight is 441 g/mol. The van der Waals surface area contributed by atoms with Crippen LogP contribution in [0.15, 0.2) is 53.4 Å². The molecule has 0 aliphatic heterocycles. The number of hydrogen-bond acceptors (Lipinski definition) is 5. The number of nitrogens with one attached hydrogen (secondary N) is 2. The third-order valence-electron chi connectivity index (χ3n) is 4.42. The summed E-state index contributed by atoms with van der Waals surface area (Å²) in [4.78, 5) is 12.5. The van der Waals surface area contributed by atoms with Crippen molar-refractivity contribution in [1.29, 1.82) is 5.26 Å². The molecule has 0 bridgehead atoms. The molecule has 0 aliphatic rings. The number of halogens is 1. The number of benzene rings is 2. The first kappa shape index (κ1) is 22.0. The zero-order valence-corrected chi connectivity index (χ0v) is 17.7. The first-order chi connectivity index (χ1) is 14.7. The van der Waals surface area contributed by atoms with Gasteiger partial charge in [0.15, 0.2) is 0 Å². The molecule has 2 N–H and O–H groups in total. The van der Waals surface area contributed by atoms with Crippen molar-refractivity contribution in [2.24, 2.45) is 0 Å². The second kappa shape index (κ2) is 8.97. The number of carbonyl (C=O) groups excluding carboxylic acids is 1. The van der Waals surface area contributed by atoms with E-state index < -0.39 is 21.7 Å². The van der Waals surface area contributed by atoms with Gasteiger partial charge in [-0.05, 0) is 61.9 Å². The predicted octanol–water partition coefficient (Wildman–Crippen LogP) is 3.61. The number of rotatable bonds is 7. The Bertz CT molecular complexity index is 1260. The molecule has 1 aromatic heterocycles. The van der Waals surface area contributed by atoms with Crippen molar-refractivity contribution in [2.75, 3.05) is 10.0 Å². The normalized spacial score (nSPS) is 11.0. The van der Waals surface area contributed by atoms with Crippen LogP contribution in [-0.2, 0) is 16.6 Å². The Morgan fingerprint density at radius 1 is 1.16 bits per heavy atom. The lowest BCUT2D eigenvalue weighted by molar-refractivity contribution is 0.102. The maximum atomic E-state index is 13.4. The van der Waals surface area contributed by atoms with E-state index in [0.29, 0.717) is 23.6 Å². The minimum atomic E-state index is -3.90. The first-order valence-electron chi connectivity index (χ1n) is 9.31. The van der Waals surface area contributed by atoms with E-state index in [1.54, 1.807) is 17.7 Å². The maximum Gasteiger partial charge on any atom is 0.261 e. The van der Waals surface area contributed by atoms with Crippen LogP contribution in [0.2, 0.25) is 0 Å². The van der Waals surface area contributed by atoms with E-state index in [0.717, 1.165) is 6.07 Å². The second-order valence-electron chi connectivity index (χ2n) is 6.85. The molecule has 0 atom stereocenters. The second-order valence-corrected chi connectivity index (χ2v) is 8.53. The van der Waals surface area contributed by atoms with Crippen molar-refractivity contribution in [2.45, 2.75) is 31.7 Å². The first-order valence-corrected chi connectivity index (χ1v) is 10.8. The lowest BCUT2D eigenvalue weighted by Crippen LogP contribution is -2.16. The Hall–Kier alpha value is -3.71. The fraction of sp³-hybridized carbons (Fsp3) is 0.190. The highest BCUT2D eigenvalue weighted by molar-refractivity contribution is 7.92. The monoisotopic (exact) mass is 441 g/mol. The Labute approximate surface area is 179 Å². The molecule has 0 fully saturated rings. The predicted molar refractivity (Wildman–Crippen MR) is 114 cm³/mol. The van der Waals surface area contributed by atoms with Gasteiger partial charge in [0.2, 0.25) is 0 Å². The molecular formula is C21H20FN5O3S. The molecule has 10 heteroatoms. The lowest BCUT2D eigenvalue weighted by Gasteiger charge is -2.10. The highest BCUT2D eigenvalue weighted by Crippen LogP contribution is 2.20. The maximum absolute atomic E-state index is 13.4. The van der Waals surface area contributed by atoms with E-state index in [2.05, 4.69) is 15.1 Å². The summed E-state index contributed by atoms with van der Waals surface area (Å²) in [7, 11) is -3.90. The molecule has 0 radical (unpaired) electrons. The molecule has 0 aliphatic carbocycles. The van der Waals surface area contributed by atoms with Gasteiger partial charge in [-0.1, -0.05) is 0 Å². The third-order valence-corrected chi connectivity index (χ3v) is 5.80. The summed E-state index contributed by atoms with van der Waals surface area (Å²) >= 11 is 0. The van der Waals surface area contributed by atoms with Crippen molar-refractivity contribution in [1.82, 2.24) is 9.78 Å². The number of nitriles is 1. The van der Waals surface area contributed by atoms with Gasteiger partial charge in [-0.3, -0.25) is 9.52 Å². The van der Waals surface area contributed by atoms with Gasteiger partial charge in [0, 0.05) is 17.3 Å². The Kier molecular flexibility index (Phi) is 6.36. The van der Waals surface area contributed by atoms with Crippen LogP contribution < -0.4 is 10.0 Å². The summed E-state index contributed by atoms with van der Waals surface area (Å²) in [5, 5.41) is 15.7.